The molecule has 2 heterocycles. The van der Waals surface area contributed by atoms with Crippen LogP contribution in [-0.2, 0) is 4.79 Å². The molecule has 0 aliphatic carbocycles. The lowest BCUT2D eigenvalue weighted by Gasteiger charge is -2.38. The van der Waals surface area contributed by atoms with Gasteiger partial charge in [-0.15, -0.1) is 0 Å². The quantitative estimate of drug-likeness (QED) is 0.462. The maximum absolute atomic E-state index is 13.0. The number of Topliss-reactive ketones (excluding diaryl/α,β-unsaturated/α-hetero) is 1. The topological polar surface area (TPSA) is 63.7 Å². The molecule has 0 atom stereocenters. The second-order valence-electron chi connectivity index (χ2n) is 7.21. The van der Waals surface area contributed by atoms with Crippen molar-refractivity contribution in [2.75, 3.05) is 4.90 Å². The van der Waals surface area contributed by atoms with Crippen LogP contribution in [0, 0.1) is 5.82 Å². The van der Waals surface area contributed by atoms with E-state index in [2.05, 4.69) is 0 Å². The molecule has 6 heteroatoms. The molecule has 4 rings (SSSR count). The van der Waals surface area contributed by atoms with Gasteiger partial charge < -0.3 is 4.74 Å². The van der Waals surface area contributed by atoms with E-state index in [4.69, 9.17) is 4.74 Å². The fourth-order valence-corrected chi connectivity index (χ4v) is 3.67. The smallest absolute Gasteiger partial charge is 0.343 e. The highest BCUT2D eigenvalue weighted by atomic mass is 19.1. The number of hydrogen-bond donors (Lipinski definition) is 0. The number of amides is 1. The van der Waals surface area contributed by atoms with Gasteiger partial charge in [-0.25, -0.2) is 9.18 Å². The number of halogens is 1. The van der Waals surface area contributed by atoms with Crippen molar-refractivity contribution in [2.24, 2.45) is 0 Å². The second kappa shape index (κ2) is 5.61. The third-order valence-electron chi connectivity index (χ3n) is 4.81. The van der Waals surface area contributed by atoms with Gasteiger partial charge in [-0.1, -0.05) is 6.08 Å². The number of ether oxygens (including phenoxy) is 1. The molecule has 136 valence electrons. The van der Waals surface area contributed by atoms with Crippen LogP contribution < -0.4 is 9.64 Å². The van der Waals surface area contributed by atoms with E-state index in [1.165, 1.54) is 23.1 Å². The maximum atomic E-state index is 13.0. The first-order chi connectivity index (χ1) is 12.7. The fourth-order valence-electron chi connectivity index (χ4n) is 3.67. The van der Waals surface area contributed by atoms with Gasteiger partial charge >= 0.3 is 5.97 Å². The predicted molar refractivity (Wildman–Crippen MR) is 97.3 cm³/mol. The largest absolute Gasteiger partial charge is 0.423 e. The number of hydrogen-bond acceptors (Lipinski definition) is 4. The minimum absolute atomic E-state index is 0.161. The molecule has 2 aromatic carbocycles. The van der Waals surface area contributed by atoms with Crippen LogP contribution in [0.5, 0.6) is 5.75 Å². The highest BCUT2D eigenvalue weighted by molar-refractivity contribution is 6.53. The van der Waals surface area contributed by atoms with Crippen LogP contribution in [0.3, 0.4) is 0 Å². The third kappa shape index (κ3) is 2.56. The Bertz CT molecular complexity index is 1050. The summed E-state index contributed by atoms with van der Waals surface area (Å²) in [7, 11) is 0. The highest BCUT2D eigenvalue weighted by Crippen LogP contribution is 2.46. The summed E-state index contributed by atoms with van der Waals surface area (Å²) in [5, 5.41) is 0. The standard InChI is InChI=1S/C21H16FNO4/c1-11-10-21(2,3)23-17-15(11)8-14(9-16(17)18(24)19(23)25)27-20(26)12-4-6-13(22)7-5-12/h4-10H,1-3H3. The van der Waals surface area contributed by atoms with E-state index in [-0.39, 0.29) is 16.9 Å². The van der Waals surface area contributed by atoms with Gasteiger partial charge in [0, 0.05) is 5.56 Å². The van der Waals surface area contributed by atoms with Crippen molar-refractivity contribution in [2.45, 2.75) is 26.3 Å². The fraction of sp³-hybridized carbons (Fsp3) is 0.190. The average molecular weight is 365 g/mol. The molecule has 5 nitrogen and oxygen atoms in total. The molecule has 2 aromatic rings. The van der Waals surface area contributed by atoms with Crippen LogP contribution in [-0.4, -0.2) is 23.2 Å². The molecule has 0 spiro atoms. The Morgan fingerprint density at radius 2 is 1.70 bits per heavy atom. The second-order valence-corrected chi connectivity index (χ2v) is 7.21. The van der Waals surface area contributed by atoms with E-state index in [0.717, 1.165) is 17.7 Å². The molecule has 0 bridgehead atoms. The van der Waals surface area contributed by atoms with Crippen LogP contribution in [0.2, 0.25) is 0 Å². The average Bonchev–Trinajstić information content (AvgIpc) is 2.86. The number of nitrogens with zero attached hydrogens (tertiary/aromatic N) is 1. The van der Waals surface area contributed by atoms with E-state index in [9.17, 15) is 18.8 Å². The summed E-state index contributed by atoms with van der Waals surface area (Å²) in [5.74, 6) is -2.19. The zero-order valence-electron chi connectivity index (χ0n) is 15.0. The molecule has 0 saturated carbocycles. The van der Waals surface area contributed by atoms with Gasteiger partial charge in [-0.05, 0) is 62.7 Å². The Hall–Kier alpha value is -3.28. The van der Waals surface area contributed by atoms with Crippen molar-refractivity contribution in [3.8, 4) is 5.75 Å². The summed E-state index contributed by atoms with van der Waals surface area (Å²) in [6, 6.07) is 8.02. The van der Waals surface area contributed by atoms with E-state index in [0.29, 0.717) is 11.3 Å². The van der Waals surface area contributed by atoms with Gasteiger partial charge in [0.2, 0.25) is 0 Å². The number of anilines is 1. The summed E-state index contributed by atoms with van der Waals surface area (Å²) in [4.78, 5) is 38.8. The van der Waals surface area contributed by atoms with Crippen LogP contribution in [0.4, 0.5) is 10.1 Å². The monoisotopic (exact) mass is 365 g/mol. The van der Waals surface area contributed by atoms with E-state index >= 15 is 0 Å². The van der Waals surface area contributed by atoms with Crippen molar-refractivity contribution < 1.29 is 23.5 Å². The molecule has 1 amide bonds. The minimum atomic E-state index is -0.673. The Kier molecular flexibility index (Phi) is 3.56. The van der Waals surface area contributed by atoms with Crippen molar-refractivity contribution in [3.63, 3.8) is 0 Å². The Morgan fingerprint density at radius 1 is 1.07 bits per heavy atom. The number of allylic oxidation sites excluding steroid dienone is 1. The summed E-state index contributed by atoms with van der Waals surface area (Å²) >= 11 is 0. The number of benzene rings is 2. The number of carbonyl (C=O) groups excluding carboxylic acids is 3. The Morgan fingerprint density at radius 3 is 2.37 bits per heavy atom. The predicted octanol–water partition coefficient (Wildman–Crippen LogP) is 3.77. The van der Waals surface area contributed by atoms with E-state index in [1.807, 2.05) is 26.8 Å². The number of rotatable bonds is 2. The molecule has 2 aliphatic heterocycles. The zero-order valence-corrected chi connectivity index (χ0v) is 15.0. The van der Waals surface area contributed by atoms with Crippen molar-refractivity contribution in [1.29, 1.82) is 0 Å². The normalized spacial score (nSPS) is 16.9. The molecule has 0 aromatic heterocycles. The molecule has 0 N–H and O–H groups in total. The number of esters is 1. The molecule has 0 unspecified atom stereocenters. The zero-order chi connectivity index (χ0) is 19.5. The SMILES string of the molecule is CC1=CC(C)(C)N2C(=O)C(=O)c3cc(OC(=O)c4ccc(F)cc4)cc1c32. The first kappa shape index (κ1) is 17.1. The van der Waals surface area contributed by atoms with Crippen LogP contribution in [0.15, 0.2) is 42.5 Å². The number of ketones is 1. The lowest BCUT2D eigenvalue weighted by molar-refractivity contribution is -0.115. The van der Waals surface area contributed by atoms with Gasteiger partial charge in [0.15, 0.2) is 0 Å². The summed E-state index contributed by atoms with van der Waals surface area (Å²) < 4.78 is 18.4. The third-order valence-corrected chi connectivity index (χ3v) is 4.81. The number of carbonyl (C=O) groups is 3. The minimum Gasteiger partial charge on any atom is -0.423 e. The molecule has 0 radical (unpaired) electrons. The van der Waals surface area contributed by atoms with Crippen LogP contribution in [0.25, 0.3) is 5.57 Å². The molecule has 2 aliphatic rings. The lowest BCUT2D eigenvalue weighted by Crippen LogP contribution is -2.47. The molecule has 0 saturated heterocycles. The Balaban J connectivity index is 1.78. The van der Waals surface area contributed by atoms with Gasteiger partial charge in [0.05, 0.1) is 22.4 Å². The molecular formula is C21H16FNO4. The summed E-state index contributed by atoms with van der Waals surface area (Å²) in [6.07, 6.45) is 1.90. The first-order valence-corrected chi connectivity index (χ1v) is 8.43. The lowest BCUT2D eigenvalue weighted by atomic mass is 9.89. The van der Waals surface area contributed by atoms with Gasteiger partial charge in [-0.3, -0.25) is 14.5 Å². The first-order valence-electron chi connectivity index (χ1n) is 8.43. The van der Waals surface area contributed by atoms with Crippen LogP contribution in [0.1, 0.15) is 47.1 Å². The van der Waals surface area contributed by atoms with Crippen molar-refractivity contribution in [1.82, 2.24) is 0 Å². The van der Waals surface area contributed by atoms with Gasteiger partial charge in [-0.2, -0.15) is 0 Å². The maximum Gasteiger partial charge on any atom is 0.343 e. The van der Waals surface area contributed by atoms with E-state index in [1.54, 1.807) is 6.07 Å². The van der Waals surface area contributed by atoms with Crippen molar-refractivity contribution >= 4 is 28.9 Å². The highest BCUT2D eigenvalue weighted by Gasteiger charge is 2.47. The van der Waals surface area contributed by atoms with Crippen LogP contribution >= 0.6 is 0 Å². The molecule has 0 fully saturated rings. The van der Waals surface area contributed by atoms with Gasteiger partial charge in [0.25, 0.3) is 11.7 Å². The Labute approximate surface area is 155 Å². The summed E-state index contributed by atoms with van der Waals surface area (Å²) in [6.45, 7) is 5.61. The molecule has 27 heavy (non-hydrogen) atoms. The van der Waals surface area contributed by atoms with Crippen molar-refractivity contribution in [3.05, 3.63) is 65.0 Å². The summed E-state index contributed by atoms with van der Waals surface area (Å²) in [5.41, 5.74) is 1.89. The molecular weight excluding hydrogens is 349 g/mol. The van der Waals surface area contributed by atoms with Gasteiger partial charge in [0.1, 0.15) is 11.6 Å². The van der Waals surface area contributed by atoms with E-state index < -0.39 is 29.0 Å².